The molecule has 3 aromatic carbocycles. The Morgan fingerprint density at radius 1 is 0.933 bits per heavy atom. The van der Waals surface area contributed by atoms with Crippen molar-refractivity contribution in [1.29, 1.82) is 0 Å². The highest BCUT2D eigenvalue weighted by Crippen LogP contribution is 2.30. The zero-order valence-corrected chi connectivity index (χ0v) is 26.0. The van der Waals surface area contributed by atoms with Crippen LogP contribution in [0.3, 0.4) is 0 Å². The van der Waals surface area contributed by atoms with E-state index in [9.17, 15) is 19.2 Å². The van der Waals surface area contributed by atoms with Crippen LogP contribution in [0.4, 0.5) is 4.79 Å². The highest BCUT2D eigenvalue weighted by molar-refractivity contribution is 5.94. The average molecular weight is 612 g/mol. The number of fused-ring (bicyclic) bond motifs is 1. The van der Waals surface area contributed by atoms with Gasteiger partial charge in [-0.05, 0) is 62.4 Å². The lowest BCUT2D eigenvalue weighted by Gasteiger charge is -2.30. The van der Waals surface area contributed by atoms with Crippen LogP contribution in [0.5, 0.6) is 0 Å². The van der Waals surface area contributed by atoms with Crippen LogP contribution in [-0.2, 0) is 33.8 Å². The third kappa shape index (κ3) is 7.49. The second-order valence-electron chi connectivity index (χ2n) is 12.6. The number of carbonyl (C=O) groups is 3. The first kappa shape index (κ1) is 31.2. The Morgan fingerprint density at radius 3 is 2.22 bits per heavy atom. The van der Waals surface area contributed by atoms with Crippen LogP contribution in [0.1, 0.15) is 51.3 Å². The van der Waals surface area contributed by atoms with Crippen molar-refractivity contribution in [2.24, 2.45) is 0 Å². The fourth-order valence-corrected chi connectivity index (χ4v) is 5.22. The molecule has 0 spiro atoms. The second kappa shape index (κ2) is 12.4. The van der Waals surface area contributed by atoms with Crippen LogP contribution in [0.25, 0.3) is 22.5 Å². The third-order valence-electron chi connectivity index (χ3n) is 7.46. The Labute approximate surface area is 261 Å². The molecule has 3 amide bonds. The Bertz CT molecular complexity index is 1770. The minimum absolute atomic E-state index is 0.225. The summed E-state index contributed by atoms with van der Waals surface area (Å²) in [6.07, 6.45) is -0.401. The van der Waals surface area contributed by atoms with Crippen LogP contribution in [0.2, 0.25) is 0 Å². The van der Waals surface area contributed by atoms with E-state index in [0.29, 0.717) is 25.3 Å². The maximum atomic E-state index is 13.9. The highest BCUT2D eigenvalue weighted by atomic mass is 16.6. The number of nitrogens with zero attached hydrogens (tertiary/aromatic N) is 2. The minimum atomic E-state index is -1.33. The fraction of sp³-hybridized carbons (Fsp3) is 0.324. The quantitative estimate of drug-likeness (QED) is 0.277. The van der Waals surface area contributed by atoms with Crippen molar-refractivity contribution in [3.05, 3.63) is 100 Å². The molecule has 0 saturated heterocycles. The summed E-state index contributed by atoms with van der Waals surface area (Å²) < 4.78 is 10.0. The first-order valence-electron chi connectivity index (χ1n) is 14.7. The van der Waals surface area contributed by atoms with Gasteiger partial charge in [0.15, 0.2) is 5.82 Å². The SMILES string of the molecule is CC(C)(C)OC(=O)NC(C)(C)C(=O)NC1Cc2ccccc2CN(Cc2ccc(-c3ccccc3-c3noc(=O)[nH]3)cc2)C1=O. The Balaban J connectivity index is 1.35. The lowest BCUT2D eigenvalue weighted by Crippen LogP contribution is -2.59. The monoisotopic (exact) mass is 611 g/mol. The highest BCUT2D eigenvalue weighted by Gasteiger charge is 2.37. The summed E-state index contributed by atoms with van der Waals surface area (Å²) in [5, 5.41) is 9.33. The minimum Gasteiger partial charge on any atom is -0.444 e. The lowest BCUT2D eigenvalue weighted by atomic mass is 9.98. The normalized spacial score (nSPS) is 15.2. The van der Waals surface area contributed by atoms with Gasteiger partial charge in [0.25, 0.3) is 0 Å². The van der Waals surface area contributed by atoms with Gasteiger partial charge in [0.2, 0.25) is 11.8 Å². The second-order valence-corrected chi connectivity index (χ2v) is 12.6. The molecule has 234 valence electrons. The van der Waals surface area contributed by atoms with E-state index in [0.717, 1.165) is 33.4 Å². The molecular weight excluding hydrogens is 574 g/mol. The summed E-state index contributed by atoms with van der Waals surface area (Å²) in [5.74, 6) is -1.01. The number of hydrogen-bond donors (Lipinski definition) is 3. The van der Waals surface area contributed by atoms with Crippen molar-refractivity contribution in [1.82, 2.24) is 25.7 Å². The molecule has 1 aliphatic heterocycles. The first-order chi connectivity index (χ1) is 21.3. The zero-order chi connectivity index (χ0) is 32.4. The number of amides is 3. The van der Waals surface area contributed by atoms with E-state index in [2.05, 4.69) is 20.8 Å². The number of rotatable bonds is 7. The topological polar surface area (TPSA) is 147 Å². The van der Waals surface area contributed by atoms with E-state index in [1.165, 1.54) is 0 Å². The van der Waals surface area contributed by atoms with Crippen LogP contribution >= 0.6 is 0 Å². The Hall–Kier alpha value is -5.19. The zero-order valence-electron chi connectivity index (χ0n) is 26.0. The maximum absolute atomic E-state index is 13.9. The molecule has 0 fully saturated rings. The molecule has 3 N–H and O–H groups in total. The number of aromatic nitrogens is 2. The van der Waals surface area contributed by atoms with Gasteiger partial charge in [-0.1, -0.05) is 78.0 Å². The molecule has 1 atom stereocenters. The van der Waals surface area contributed by atoms with Crippen molar-refractivity contribution in [2.45, 2.75) is 71.3 Å². The molecule has 0 saturated carbocycles. The lowest BCUT2D eigenvalue weighted by molar-refractivity contribution is -0.138. The maximum Gasteiger partial charge on any atom is 0.439 e. The van der Waals surface area contributed by atoms with Gasteiger partial charge in [-0.15, -0.1) is 0 Å². The van der Waals surface area contributed by atoms with Gasteiger partial charge in [0.1, 0.15) is 17.2 Å². The van der Waals surface area contributed by atoms with E-state index < -0.39 is 34.9 Å². The molecule has 1 aromatic heterocycles. The molecule has 0 radical (unpaired) electrons. The van der Waals surface area contributed by atoms with Crippen molar-refractivity contribution in [3.8, 4) is 22.5 Å². The number of nitrogens with one attached hydrogen (secondary N) is 3. The number of carbonyl (C=O) groups excluding carboxylic acids is 3. The van der Waals surface area contributed by atoms with Crippen LogP contribution in [0, 0.1) is 0 Å². The van der Waals surface area contributed by atoms with E-state index in [-0.39, 0.29) is 5.91 Å². The molecule has 1 unspecified atom stereocenters. The molecule has 45 heavy (non-hydrogen) atoms. The average Bonchev–Trinajstić information content (AvgIpc) is 3.36. The number of aromatic amines is 1. The summed E-state index contributed by atoms with van der Waals surface area (Å²) in [6, 6.07) is 22.3. The third-order valence-corrected chi connectivity index (χ3v) is 7.46. The molecule has 1 aliphatic rings. The number of ether oxygens (including phenoxy) is 1. The number of H-pyrrole nitrogens is 1. The van der Waals surface area contributed by atoms with Crippen LogP contribution in [-0.4, -0.2) is 50.1 Å². The predicted molar refractivity (Wildman–Crippen MR) is 168 cm³/mol. The van der Waals surface area contributed by atoms with Crippen molar-refractivity contribution < 1.29 is 23.6 Å². The van der Waals surface area contributed by atoms with Gasteiger partial charge >= 0.3 is 11.8 Å². The molecule has 11 heteroatoms. The van der Waals surface area contributed by atoms with E-state index in [4.69, 9.17) is 9.26 Å². The Kier molecular flexibility index (Phi) is 8.63. The van der Waals surface area contributed by atoms with Gasteiger partial charge in [-0.2, -0.15) is 0 Å². The standard InChI is InChI=1S/C34H37N5O6/c1-33(2,3)44-32(43)37-34(4,5)30(41)35-27-18-23-10-6-7-11-24(23)20-39(29(27)40)19-21-14-16-22(17-15-21)25-12-8-9-13-26(25)28-36-31(42)45-38-28/h6-17,27H,18-20H2,1-5H3,(H,35,41)(H,37,43)(H,36,38,42). The number of benzene rings is 3. The van der Waals surface area contributed by atoms with Gasteiger partial charge in [0.05, 0.1) is 0 Å². The summed E-state index contributed by atoms with van der Waals surface area (Å²) in [6.45, 7) is 9.06. The molecule has 2 heterocycles. The molecular formula is C34H37N5O6. The van der Waals surface area contributed by atoms with Crippen molar-refractivity contribution in [3.63, 3.8) is 0 Å². The number of alkyl carbamates (subject to hydrolysis) is 1. The van der Waals surface area contributed by atoms with E-state index in [1.54, 1.807) is 39.5 Å². The molecule has 0 bridgehead atoms. The van der Waals surface area contributed by atoms with E-state index >= 15 is 0 Å². The predicted octanol–water partition coefficient (Wildman–Crippen LogP) is 4.57. The van der Waals surface area contributed by atoms with Gasteiger partial charge in [-0.3, -0.25) is 19.1 Å². The molecule has 0 aliphatic carbocycles. The van der Waals surface area contributed by atoms with Gasteiger partial charge in [0, 0.05) is 25.1 Å². The van der Waals surface area contributed by atoms with Gasteiger partial charge in [-0.25, -0.2) is 9.59 Å². The number of hydrogen-bond acceptors (Lipinski definition) is 7. The van der Waals surface area contributed by atoms with E-state index in [1.807, 2.05) is 72.8 Å². The van der Waals surface area contributed by atoms with Crippen molar-refractivity contribution >= 4 is 17.9 Å². The molecule has 4 aromatic rings. The van der Waals surface area contributed by atoms with Crippen LogP contribution in [0.15, 0.2) is 82.1 Å². The van der Waals surface area contributed by atoms with Crippen LogP contribution < -0.4 is 16.4 Å². The Morgan fingerprint density at radius 2 is 1.58 bits per heavy atom. The largest absolute Gasteiger partial charge is 0.444 e. The molecule has 11 nitrogen and oxygen atoms in total. The smallest absolute Gasteiger partial charge is 0.439 e. The summed E-state index contributed by atoms with van der Waals surface area (Å²) in [5.41, 5.74) is 3.29. The fourth-order valence-electron chi connectivity index (χ4n) is 5.22. The summed E-state index contributed by atoms with van der Waals surface area (Å²) >= 11 is 0. The summed E-state index contributed by atoms with van der Waals surface area (Å²) in [7, 11) is 0. The first-order valence-corrected chi connectivity index (χ1v) is 14.7. The van der Waals surface area contributed by atoms with Crippen molar-refractivity contribution in [2.75, 3.05) is 0 Å². The van der Waals surface area contributed by atoms with Gasteiger partial charge < -0.3 is 20.3 Å². The summed E-state index contributed by atoms with van der Waals surface area (Å²) in [4.78, 5) is 55.6. The molecule has 5 rings (SSSR count).